The maximum Gasteiger partial charge on any atom is 0.00792 e. The van der Waals surface area contributed by atoms with Gasteiger partial charge in [-0.25, -0.2) is 0 Å². The monoisotopic (exact) mass is 267 g/mol. The number of hydrogen-bond acceptors (Lipinski definition) is 1. The van der Waals surface area contributed by atoms with Gasteiger partial charge in [-0.05, 0) is 43.4 Å². The lowest BCUT2D eigenvalue weighted by Crippen LogP contribution is -2.32. The van der Waals surface area contributed by atoms with Crippen LogP contribution in [0, 0.1) is 5.92 Å². The standard InChI is InChI=1S/C19H25N/c1-16(13-18-9-5-3-6-10-18)15-20-17(2)14-19-11-7-4-8-12-19/h3-12,16-17,20H,13-15H2,1-2H3. The van der Waals surface area contributed by atoms with E-state index in [1.54, 1.807) is 0 Å². The molecule has 0 radical (unpaired) electrons. The molecule has 0 saturated heterocycles. The van der Waals surface area contributed by atoms with E-state index in [1.165, 1.54) is 11.1 Å². The van der Waals surface area contributed by atoms with Crippen molar-refractivity contribution < 1.29 is 0 Å². The zero-order valence-electron chi connectivity index (χ0n) is 12.5. The van der Waals surface area contributed by atoms with E-state index in [-0.39, 0.29) is 0 Å². The van der Waals surface area contributed by atoms with Crippen LogP contribution in [0.5, 0.6) is 0 Å². The Balaban J connectivity index is 1.71. The zero-order valence-corrected chi connectivity index (χ0v) is 12.5. The van der Waals surface area contributed by atoms with Gasteiger partial charge < -0.3 is 5.32 Å². The molecule has 1 heteroatoms. The Morgan fingerprint density at radius 3 is 1.80 bits per heavy atom. The Kier molecular flexibility index (Phi) is 5.82. The Bertz CT molecular complexity index is 430. The van der Waals surface area contributed by atoms with Gasteiger partial charge in [0.05, 0.1) is 0 Å². The normalized spacial score (nSPS) is 13.9. The SMILES string of the molecule is CC(CNC(C)Cc1ccccc1)Cc1ccccc1. The predicted molar refractivity (Wildman–Crippen MR) is 86.9 cm³/mol. The van der Waals surface area contributed by atoms with Crippen LogP contribution in [-0.2, 0) is 12.8 Å². The molecular weight excluding hydrogens is 242 g/mol. The Labute approximate surface area is 123 Å². The third-order valence-corrected chi connectivity index (χ3v) is 3.63. The Hall–Kier alpha value is -1.60. The van der Waals surface area contributed by atoms with Crippen LogP contribution in [0.1, 0.15) is 25.0 Å². The van der Waals surface area contributed by atoms with E-state index in [1.807, 2.05) is 0 Å². The number of benzene rings is 2. The average Bonchev–Trinajstić information content (AvgIpc) is 2.47. The highest BCUT2D eigenvalue weighted by Gasteiger charge is 2.07. The second-order valence-electron chi connectivity index (χ2n) is 5.79. The molecule has 2 aromatic rings. The first-order valence-corrected chi connectivity index (χ1v) is 7.55. The molecule has 0 bridgehead atoms. The van der Waals surface area contributed by atoms with Crippen molar-refractivity contribution in [3.05, 3.63) is 71.8 Å². The summed E-state index contributed by atoms with van der Waals surface area (Å²) in [6, 6.07) is 22.0. The number of nitrogens with one attached hydrogen (secondary N) is 1. The molecule has 1 nitrogen and oxygen atoms in total. The second-order valence-corrected chi connectivity index (χ2v) is 5.79. The number of hydrogen-bond donors (Lipinski definition) is 1. The van der Waals surface area contributed by atoms with Crippen LogP contribution in [-0.4, -0.2) is 12.6 Å². The molecule has 0 aliphatic heterocycles. The first kappa shape index (κ1) is 14.8. The van der Waals surface area contributed by atoms with Crippen molar-refractivity contribution in [1.29, 1.82) is 0 Å². The molecule has 0 heterocycles. The lowest BCUT2D eigenvalue weighted by molar-refractivity contribution is 0.458. The molecule has 1 N–H and O–H groups in total. The number of rotatable bonds is 7. The van der Waals surface area contributed by atoms with E-state index in [4.69, 9.17) is 0 Å². The maximum atomic E-state index is 3.65. The third kappa shape index (κ3) is 5.18. The summed E-state index contributed by atoms with van der Waals surface area (Å²) >= 11 is 0. The Morgan fingerprint density at radius 1 is 0.750 bits per heavy atom. The molecule has 0 fully saturated rings. The minimum Gasteiger partial charge on any atom is -0.314 e. The van der Waals surface area contributed by atoms with E-state index >= 15 is 0 Å². The molecule has 0 amide bonds. The van der Waals surface area contributed by atoms with Crippen molar-refractivity contribution >= 4 is 0 Å². The topological polar surface area (TPSA) is 12.0 Å². The van der Waals surface area contributed by atoms with Crippen molar-refractivity contribution in [3.63, 3.8) is 0 Å². The van der Waals surface area contributed by atoms with Gasteiger partial charge in [0, 0.05) is 6.04 Å². The van der Waals surface area contributed by atoms with Gasteiger partial charge in [-0.3, -0.25) is 0 Å². The molecule has 106 valence electrons. The van der Waals surface area contributed by atoms with Gasteiger partial charge in [-0.15, -0.1) is 0 Å². The molecule has 0 spiro atoms. The van der Waals surface area contributed by atoms with Crippen LogP contribution in [0.25, 0.3) is 0 Å². The minimum atomic E-state index is 0.524. The van der Waals surface area contributed by atoms with Gasteiger partial charge in [0.15, 0.2) is 0 Å². The van der Waals surface area contributed by atoms with Crippen LogP contribution in [0.15, 0.2) is 60.7 Å². The van der Waals surface area contributed by atoms with Gasteiger partial charge in [-0.1, -0.05) is 67.6 Å². The lowest BCUT2D eigenvalue weighted by atomic mass is 10.0. The van der Waals surface area contributed by atoms with Crippen molar-refractivity contribution in [2.24, 2.45) is 5.92 Å². The fourth-order valence-corrected chi connectivity index (χ4v) is 2.53. The molecule has 0 aromatic heterocycles. The van der Waals surface area contributed by atoms with Crippen LogP contribution in [0.2, 0.25) is 0 Å². The fraction of sp³-hybridized carbons (Fsp3) is 0.368. The van der Waals surface area contributed by atoms with Crippen molar-refractivity contribution in [2.75, 3.05) is 6.54 Å². The van der Waals surface area contributed by atoms with E-state index in [2.05, 4.69) is 79.8 Å². The first-order valence-electron chi connectivity index (χ1n) is 7.55. The smallest absolute Gasteiger partial charge is 0.00792 e. The molecule has 20 heavy (non-hydrogen) atoms. The highest BCUT2D eigenvalue weighted by atomic mass is 14.9. The highest BCUT2D eigenvalue weighted by molar-refractivity contribution is 5.16. The molecular formula is C19H25N. The van der Waals surface area contributed by atoms with Gasteiger partial charge in [0.1, 0.15) is 0 Å². The van der Waals surface area contributed by atoms with E-state index in [0.29, 0.717) is 12.0 Å². The van der Waals surface area contributed by atoms with Gasteiger partial charge in [0.2, 0.25) is 0 Å². The lowest BCUT2D eigenvalue weighted by Gasteiger charge is -2.18. The molecule has 2 rings (SSSR count). The molecule has 2 atom stereocenters. The van der Waals surface area contributed by atoms with Crippen LogP contribution in [0.3, 0.4) is 0 Å². The summed E-state index contributed by atoms with van der Waals surface area (Å²) in [7, 11) is 0. The molecule has 0 aliphatic carbocycles. The predicted octanol–water partition coefficient (Wildman–Crippen LogP) is 4.09. The second kappa shape index (κ2) is 7.86. The van der Waals surface area contributed by atoms with Crippen LogP contribution >= 0.6 is 0 Å². The fourth-order valence-electron chi connectivity index (χ4n) is 2.53. The summed E-state index contributed by atoms with van der Waals surface area (Å²) in [5, 5.41) is 3.65. The highest BCUT2D eigenvalue weighted by Crippen LogP contribution is 2.08. The van der Waals surface area contributed by atoms with Crippen LogP contribution in [0.4, 0.5) is 0 Å². The van der Waals surface area contributed by atoms with Crippen molar-refractivity contribution in [3.8, 4) is 0 Å². The quantitative estimate of drug-likeness (QED) is 0.797. The third-order valence-electron chi connectivity index (χ3n) is 3.63. The van der Waals surface area contributed by atoms with Crippen molar-refractivity contribution in [1.82, 2.24) is 5.32 Å². The largest absolute Gasteiger partial charge is 0.314 e. The minimum absolute atomic E-state index is 0.524. The Morgan fingerprint density at radius 2 is 1.25 bits per heavy atom. The van der Waals surface area contributed by atoms with Gasteiger partial charge in [-0.2, -0.15) is 0 Å². The van der Waals surface area contributed by atoms with E-state index in [9.17, 15) is 0 Å². The summed E-state index contributed by atoms with van der Waals surface area (Å²) < 4.78 is 0. The van der Waals surface area contributed by atoms with E-state index < -0.39 is 0 Å². The molecule has 2 aromatic carbocycles. The van der Waals surface area contributed by atoms with E-state index in [0.717, 1.165) is 19.4 Å². The zero-order chi connectivity index (χ0) is 14.2. The van der Waals surface area contributed by atoms with Gasteiger partial charge in [0.25, 0.3) is 0 Å². The summed E-state index contributed by atoms with van der Waals surface area (Å²) in [6.07, 6.45) is 2.24. The maximum absolute atomic E-state index is 3.65. The van der Waals surface area contributed by atoms with Crippen LogP contribution < -0.4 is 5.32 Å². The summed E-state index contributed by atoms with van der Waals surface area (Å²) in [5.41, 5.74) is 2.83. The molecule has 0 aliphatic rings. The summed E-state index contributed by atoms with van der Waals surface area (Å²) in [6.45, 7) is 5.65. The van der Waals surface area contributed by atoms with Gasteiger partial charge >= 0.3 is 0 Å². The molecule has 2 unspecified atom stereocenters. The average molecular weight is 267 g/mol. The first-order chi connectivity index (χ1) is 9.74. The molecule has 0 saturated carbocycles. The summed E-state index contributed by atoms with van der Waals surface area (Å²) in [4.78, 5) is 0. The summed E-state index contributed by atoms with van der Waals surface area (Å²) in [5.74, 6) is 0.663. The van der Waals surface area contributed by atoms with Crippen molar-refractivity contribution in [2.45, 2.75) is 32.7 Å².